The zero-order valence-electron chi connectivity index (χ0n) is 31.1. The molecule has 0 spiro atoms. The van der Waals surface area contributed by atoms with Crippen LogP contribution in [0.2, 0.25) is 0 Å². The molecule has 2 aliphatic rings. The van der Waals surface area contributed by atoms with E-state index in [0.717, 1.165) is 13.8 Å². The molecule has 0 fully saturated rings. The van der Waals surface area contributed by atoms with Crippen LogP contribution in [0.25, 0.3) is 6.08 Å². The first-order valence-electron chi connectivity index (χ1n) is 16.9. The Labute approximate surface area is 303 Å². The summed E-state index contributed by atoms with van der Waals surface area (Å²) in [5.74, 6) is -5.30. The van der Waals surface area contributed by atoms with Gasteiger partial charge in [-0.3, -0.25) is 24.0 Å². The van der Waals surface area contributed by atoms with Crippen molar-refractivity contribution in [3.63, 3.8) is 0 Å². The van der Waals surface area contributed by atoms with Gasteiger partial charge >= 0.3 is 35.8 Å². The van der Waals surface area contributed by atoms with Crippen LogP contribution in [0.3, 0.4) is 0 Å². The monoisotopic (exact) mass is 724 g/mol. The Morgan fingerprint density at radius 1 is 0.750 bits per heavy atom. The first-order valence-corrected chi connectivity index (χ1v) is 16.9. The van der Waals surface area contributed by atoms with Crippen LogP contribution in [0, 0.1) is 11.3 Å². The van der Waals surface area contributed by atoms with Crippen molar-refractivity contribution in [3.8, 4) is 0 Å². The molecule has 6 unspecified atom stereocenters. The molecule has 13 nitrogen and oxygen atoms in total. The van der Waals surface area contributed by atoms with Gasteiger partial charge in [0.1, 0.15) is 24.9 Å². The third-order valence-electron chi connectivity index (χ3n) is 9.07. The molecule has 2 bridgehead atoms. The molecule has 0 heterocycles. The molecule has 3 rings (SSSR count). The van der Waals surface area contributed by atoms with Crippen molar-refractivity contribution in [2.45, 2.75) is 106 Å². The number of aliphatic hydroxyl groups is 1. The number of carbonyl (C=O) groups is 6. The topological polar surface area (TPSA) is 178 Å². The number of ether oxygens (including phenoxy) is 6. The van der Waals surface area contributed by atoms with Crippen LogP contribution in [0.5, 0.6) is 0 Å². The number of hydrogen-bond acceptors (Lipinski definition) is 13. The highest BCUT2D eigenvalue weighted by molar-refractivity contribution is 5.87. The Morgan fingerprint density at radius 2 is 1.33 bits per heavy atom. The van der Waals surface area contributed by atoms with E-state index in [2.05, 4.69) is 0 Å². The molecular weight excluding hydrogens is 676 g/mol. The summed E-state index contributed by atoms with van der Waals surface area (Å²) >= 11 is 0. The quantitative estimate of drug-likeness (QED) is 0.158. The van der Waals surface area contributed by atoms with Crippen LogP contribution in [-0.2, 0) is 57.2 Å². The van der Waals surface area contributed by atoms with Gasteiger partial charge in [-0.25, -0.2) is 4.79 Å². The molecule has 1 N–H and O–H groups in total. The van der Waals surface area contributed by atoms with Crippen molar-refractivity contribution in [1.29, 1.82) is 0 Å². The second-order valence-corrected chi connectivity index (χ2v) is 13.4. The average molecular weight is 725 g/mol. The lowest BCUT2D eigenvalue weighted by Gasteiger charge is -2.48. The molecule has 0 aromatic heterocycles. The van der Waals surface area contributed by atoms with Crippen LogP contribution in [0.15, 0.2) is 70.5 Å². The van der Waals surface area contributed by atoms with Crippen LogP contribution in [-0.4, -0.2) is 78.0 Å². The Morgan fingerprint density at radius 3 is 1.87 bits per heavy atom. The fraction of sp³-hybridized carbons (Fsp3) is 0.487. The number of aliphatic hydroxyl groups excluding tert-OH is 1. The van der Waals surface area contributed by atoms with E-state index < -0.39 is 84.3 Å². The van der Waals surface area contributed by atoms with Gasteiger partial charge in [0.2, 0.25) is 0 Å². The summed E-state index contributed by atoms with van der Waals surface area (Å²) in [7, 11) is 0. The summed E-state index contributed by atoms with van der Waals surface area (Å²) < 4.78 is 34.5. The molecule has 0 radical (unpaired) electrons. The van der Waals surface area contributed by atoms with Crippen molar-refractivity contribution in [1.82, 2.24) is 0 Å². The molecule has 0 saturated carbocycles. The van der Waals surface area contributed by atoms with Gasteiger partial charge in [-0.2, -0.15) is 0 Å². The number of rotatable bonds is 9. The smallest absolute Gasteiger partial charge is 0.331 e. The number of benzene rings is 1. The van der Waals surface area contributed by atoms with Crippen molar-refractivity contribution >= 4 is 41.9 Å². The molecule has 1 aromatic rings. The van der Waals surface area contributed by atoms with Crippen LogP contribution < -0.4 is 0 Å². The summed E-state index contributed by atoms with van der Waals surface area (Å²) in [4.78, 5) is 75.8. The van der Waals surface area contributed by atoms with Gasteiger partial charge in [-0.15, -0.1) is 0 Å². The minimum atomic E-state index is -1.42. The second kappa shape index (κ2) is 17.9. The summed E-state index contributed by atoms with van der Waals surface area (Å²) in [6.07, 6.45) is -2.31. The van der Waals surface area contributed by atoms with Crippen molar-refractivity contribution in [2.75, 3.05) is 6.61 Å². The highest BCUT2D eigenvalue weighted by Gasteiger charge is 2.50. The van der Waals surface area contributed by atoms with Gasteiger partial charge < -0.3 is 33.5 Å². The normalized spacial score (nSPS) is 24.8. The Balaban J connectivity index is 2.42. The summed E-state index contributed by atoms with van der Waals surface area (Å²) in [5, 5.41) is 12.0. The molecule has 52 heavy (non-hydrogen) atoms. The van der Waals surface area contributed by atoms with Crippen molar-refractivity contribution in [3.05, 3.63) is 76.1 Å². The molecule has 0 saturated heterocycles. The average Bonchev–Trinajstić information content (AvgIpc) is 3.03. The van der Waals surface area contributed by atoms with Gasteiger partial charge in [-0.1, -0.05) is 44.2 Å². The maximum atomic E-state index is 13.4. The van der Waals surface area contributed by atoms with E-state index in [1.54, 1.807) is 45.0 Å². The van der Waals surface area contributed by atoms with E-state index in [0.29, 0.717) is 16.7 Å². The predicted molar refractivity (Wildman–Crippen MR) is 186 cm³/mol. The lowest BCUT2D eigenvalue weighted by atomic mass is 9.60. The lowest BCUT2D eigenvalue weighted by molar-refractivity contribution is -0.152. The molecule has 1 aromatic carbocycles. The molecule has 6 atom stereocenters. The van der Waals surface area contributed by atoms with Gasteiger partial charge in [0.05, 0.1) is 6.10 Å². The van der Waals surface area contributed by atoms with E-state index in [9.17, 15) is 33.9 Å². The third kappa shape index (κ3) is 11.0. The van der Waals surface area contributed by atoms with Gasteiger partial charge in [0, 0.05) is 64.2 Å². The van der Waals surface area contributed by atoms with Crippen molar-refractivity contribution in [2.24, 2.45) is 11.3 Å². The van der Waals surface area contributed by atoms with E-state index in [1.165, 1.54) is 45.9 Å². The first kappa shape index (κ1) is 41.4. The Kier molecular flexibility index (Phi) is 14.3. The van der Waals surface area contributed by atoms with Crippen LogP contribution in [0.1, 0.15) is 80.7 Å². The molecule has 282 valence electrons. The SMILES string of the molecule is CC(=O)OCC1=CC(O)C2CC(OC(C)=O)C(C)=C(C(OC(C)=O)C(OC(C)=O)=C(C)C(OC(C)=O)CC1OC(=O)C=Cc1ccccc1)C2(C)C. The maximum Gasteiger partial charge on any atom is 0.331 e. The van der Waals surface area contributed by atoms with E-state index in [4.69, 9.17) is 28.4 Å². The summed E-state index contributed by atoms with van der Waals surface area (Å²) in [6.45, 7) is 12.3. The summed E-state index contributed by atoms with van der Waals surface area (Å²) in [6, 6.07) is 8.97. The second-order valence-electron chi connectivity index (χ2n) is 13.4. The van der Waals surface area contributed by atoms with Crippen LogP contribution >= 0.6 is 0 Å². The van der Waals surface area contributed by atoms with E-state index >= 15 is 0 Å². The minimum Gasteiger partial charge on any atom is -0.461 e. The fourth-order valence-corrected chi connectivity index (χ4v) is 6.75. The summed E-state index contributed by atoms with van der Waals surface area (Å²) in [5.41, 5.74) is 0.806. The predicted octanol–water partition coefficient (Wildman–Crippen LogP) is 4.86. The molecular formula is C39H48O13. The van der Waals surface area contributed by atoms with Gasteiger partial charge in [0.25, 0.3) is 0 Å². The third-order valence-corrected chi connectivity index (χ3v) is 9.07. The minimum absolute atomic E-state index is 0.110. The molecule has 0 amide bonds. The largest absolute Gasteiger partial charge is 0.461 e. The molecule has 0 aliphatic heterocycles. The lowest BCUT2D eigenvalue weighted by Crippen LogP contribution is -2.48. The highest BCUT2D eigenvalue weighted by Crippen LogP contribution is 2.51. The Bertz CT molecular complexity index is 1660. The zero-order chi connectivity index (χ0) is 38.9. The first-order chi connectivity index (χ1) is 24.3. The van der Waals surface area contributed by atoms with Crippen LogP contribution in [0.4, 0.5) is 0 Å². The fourth-order valence-electron chi connectivity index (χ4n) is 6.75. The molecule has 13 heteroatoms. The molecule has 2 aliphatic carbocycles. The number of fused-ring (bicyclic) bond motifs is 2. The van der Waals surface area contributed by atoms with Gasteiger partial charge in [-0.05, 0) is 54.5 Å². The maximum absolute atomic E-state index is 13.4. The highest BCUT2D eigenvalue weighted by atomic mass is 16.6. The van der Waals surface area contributed by atoms with Gasteiger partial charge in [0.15, 0.2) is 11.9 Å². The Hall–Kier alpha value is -5.04. The zero-order valence-corrected chi connectivity index (χ0v) is 31.1. The van der Waals surface area contributed by atoms with E-state index in [1.807, 2.05) is 6.07 Å². The number of hydrogen-bond donors (Lipinski definition) is 1. The number of carbonyl (C=O) groups excluding carboxylic acids is 6. The van der Waals surface area contributed by atoms with E-state index in [-0.39, 0.29) is 29.7 Å². The standard InChI is InChI=1S/C39H48O13/c1-21-32(48-24(4)41)18-30-31(45)17-29(20-47-23(3)40)34(52-35(46)16-15-28-13-11-10-12-14-28)19-33(49-25(5)42)22(2)37(50-26(6)43)38(51-27(7)44)36(21)39(30,8)9/h10-17,30-34,38,45H,18-20H2,1-9H3. The number of esters is 6. The van der Waals surface area contributed by atoms with Crippen molar-refractivity contribution < 1.29 is 62.3 Å².